The van der Waals surface area contributed by atoms with Crippen molar-refractivity contribution in [2.45, 2.75) is 39.0 Å². The molecule has 146 valence electrons. The van der Waals surface area contributed by atoms with E-state index in [9.17, 15) is 14.4 Å². The predicted octanol–water partition coefficient (Wildman–Crippen LogP) is 2.38. The molecule has 7 nitrogen and oxygen atoms in total. The van der Waals surface area contributed by atoms with Crippen molar-refractivity contribution in [3.8, 4) is 0 Å². The summed E-state index contributed by atoms with van der Waals surface area (Å²) in [6, 6.07) is 8.46. The lowest BCUT2D eigenvalue weighted by atomic mass is 10.1. The number of hydrogen-bond donors (Lipinski definition) is 0. The third-order valence-electron chi connectivity index (χ3n) is 4.90. The van der Waals surface area contributed by atoms with Gasteiger partial charge in [-0.05, 0) is 32.3 Å². The second kappa shape index (κ2) is 7.21. The Kier molecular flexibility index (Phi) is 5.13. The molecule has 1 aliphatic carbocycles. The molecule has 0 N–H and O–H groups in total. The molecule has 0 radical (unpaired) electrons. The highest BCUT2D eigenvalue weighted by atomic mass is 16.6. The summed E-state index contributed by atoms with van der Waals surface area (Å²) in [6.07, 6.45) is -0.569. The van der Waals surface area contributed by atoms with E-state index in [1.165, 1.54) is 12.0 Å². The molecule has 0 unspecified atom stereocenters. The van der Waals surface area contributed by atoms with Gasteiger partial charge in [-0.15, -0.1) is 0 Å². The maximum Gasteiger partial charge on any atom is 0.411 e. The minimum Gasteiger partial charge on any atom is -0.469 e. The van der Waals surface area contributed by atoms with Gasteiger partial charge in [-0.3, -0.25) is 9.69 Å². The molecular formula is C20H25NO6. The highest BCUT2D eigenvalue weighted by molar-refractivity contribution is 5.87. The molecule has 1 saturated carbocycles. The Balaban J connectivity index is 1.72. The highest BCUT2D eigenvalue weighted by Crippen LogP contribution is 2.56. The Hall–Kier alpha value is -2.57. The van der Waals surface area contributed by atoms with Gasteiger partial charge in [0.25, 0.3) is 0 Å². The van der Waals surface area contributed by atoms with Crippen LogP contribution in [-0.2, 0) is 30.4 Å². The van der Waals surface area contributed by atoms with E-state index in [0.717, 1.165) is 5.56 Å². The summed E-state index contributed by atoms with van der Waals surface area (Å²) >= 11 is 0. The number of rotatable bonds is 4. The first-order chi connectivity index (χ1) is 12.7. The van der Waals surface area contributed by atoms with Crippen molar-refractivity contribution < 1.29 is 28.6 Å². The van der Waals surface area contributed by atoms with E-state index in [4.69, 9.17) is 14.2 Å². The third-order valence-corrected chi connectivity index (χ3v) is 4.90. The Morgan fingerprint density at radius 1 is 1.11 bits per heavy atom. The van der Waals surface area contributed by atoms with Crippen molar-refractivity contribution in [3.05, 3.63) is 35.9 Å². The largest absolute Gasteiger partial charge is 0.469 e. The van der Waals surface area contributed by atoms with E-state index in [1.807, 2.05) is 30.3 Å². The highest BCUT2D eigenvalue weighted by Gasteiger charge is 2.68. The summed E-state index contributed by atoms with van der Waals surface area (Å²) in [5.74, 6) is -1.63. The standard InChI is InChI=1S/C20H25NO6/c1-20(2,3)27-19(24)21-10-13-14(15(13)17(22)25-4)16(21)18(23)26-11-12-8-6-5-7-9-12/h5-9,13-16H,10-11H2,1-4H3/t13-,14+,15+,16-/m0/s1. The van der Waals surface area contributed by atoms with Crippen LogP contribution in [0.3, 0.4) is 0 Å². The molecule has 0 spiro atoms. The van der Waals surface area contributed by atoms with Crippen LogP contribution in [0.4, 0.5) is 4.79 Å². The van der Waals surface area contributed by atoms with Gasteiger partial charge in [0.2, 0.25) is 0 Å². The molecule has 1 heterocycles. The Morgan fingerprint density at radius 2 is 1.78 bits per heavy atom. The van der Waals surface area contributed by atoms with Crippen LogP contribution in [0.2, 0.25) is 0 Å². The molecule has 3 rings (SSSR count). The van der Waals surface area contributed by atoms with E-state index >= 15 is 0 Å². The maximum atomic E-state index is 12.8. The van der Waals surface area contributed by atoms with Gasteiger partial charge in [-0.2, -0.15) is 0 Å². The van der Waals surface area contributed by atoms with E-state index in [1.54, 1.807) is 20.8 Å². The number of likely N-dealkylation sites (tertiary alicyclic amines) is 1. The molecule has 7 heteroatoms. The summed E-state index contributed by atoms with van der Waals surface area (Å²) in [7, 11) is 1.32. The van der Waals surface area contributed by atoms with Gasteiger partial charge in [-0.25, -0.2) is 9.59 Å². The fourth-order valence-electron chi connectivity index (χ4n) is 3.69. The molecule has 0 aromatic heterocycles. The average molecular weight is 375 g/mol. The number of fused-ring (bicyclic) bond motifs is 1. The number of carbonyl (C=O) groups is 3. The van der Waals surface area contributed by atoms with Crippen molar-refractivity contribution in [2.24, 2.45) is 17.8 Å². The van der Waals surface area contributed by atoms with Crippen molar-refractivity contribution in [1.29, 1.82) is 0 Å². The summed E-state index contributed by atoms with van der Waals surface area (Å²) in [5.41, 5.74) is 0.175. The summed E-state index contributed by atoms with van der Waals surface area (Å²) in [4.78, 5) is 38.6. The monoisotopic (exact) mass is 375 g/mol. The van der Waals surface area contributed by atoms with Crippen LogP contribution in [-0.4, -0.2) is 48.2 Å². The second-order valence-corrected chi connectivity index (χ2v) is 7.96. The molecule has 1 aromatic carbocycles. The summed E-state index contributed by atoms with van der Waals surface area (Å²) < 4.78 is 15.7. The third kappa shape index (κ3) is 4.07. The van der Waals surface area contributed by atoms with Crippen LogP contribution >= 0.6 is 0 Å². The van der Waals surface area contributed by atoms with Crippen molar-refractivity contribution in [1.82, 2.24) is 4.90 Å². The van der Waals surface area contributed by atoms with Crippen molar-refractivity contribution in [2.75, 3.05) is 13.7 Å². The number of methoxy groups -OCH3 is 1. The van der Waals surface area contributed by atoms with Crippen molar-refractivity contribution in [3.63, 3.8) is 0 Å². The number of piperidine rings is 1. The fraction of sp³-hybridized carbons (Fsp3) is 0.550. The normalized spacial score (nSPS) is 26.1. The molecule has 1 saturated heterocycles. The molecule has 2 fully saturated rings. The summed E-state index contributed by atoms with van der Waals surface area (Å²) in [5, 5.41) is 0. The zero-order valence-electron chi connectivity index (χ0n) is 16.0. The van der Waals surface area contributed by atoms with Gasteiger partial charge in [-0.1, -0.05) is 30.3 Å². The van der Waals surface area contributed by atoms with Gasteiger partial charge >= 0.3 is 18.0 Å². The SMILES string of the molecule is COC(=O)[C@@H]1[C@H]2CN(C(=O)OC(C)(C)C)[C@H](C(=O)OCc3ccccc3)[C@H]21. The van der Waals surface area contributed by atoms with Gasteiger partial charge in [0, 0.05) is 12.5 Å². The van der Waals surface area contributed by atoms with Crippen LogP contribution in [0.25, 0.3) is 0 Å². The van der Waals surface area contributed by atoms with Crippen LogP contribution in [0.5, 0.6) is 0 Å². The van der Waals surface area contributed by atoms with E-state index < -0.39 is 23.7 Å². The topological polar surface area (TPSA) is 82.1 Å². The number of amides is 1. The van der Waals surface area contributed by atoms with Crippen LogP contribution in [0.15, 0.2) is 30.3 Å². The molecule has 1 aliphatic heterocycles. The lowest BCUT2D eigenvalue weighted by Crippen LogP contribution is -2.47. The van der Waals surface area contributed by atoms with E-state index in [0.29, 0.717) is 0 Å². The smallest absolute Gasteiger partial charge is 0.411 e. The minimum absolute atomic E-state index is 0.0979. The predicted molar refractivity (Wildman–Crippen MR) is 95.5 cm³/mol. The molecule has 2 aliphatic rings. The van der Waals surface area contributed by atoms with Gasteiger partial charge in [0.1, 0.15) is 18.2 Å². The van der Waals surface area contributed by atoms with Gasteiger partial charge in [0.05, 0.1) is 13.0 Å². The zero-order chi connectivity index (χ0) is 19.8. The first-order valence-corrected chi connectivity index (χ1v) is 9.01. The second-order valence-electron chi connectivity index (χ2n) is 7.96. The van der Waals surface area contributed by atoms with Crippen molar-refractivity contribution >= 4 is 18.0 Å². The lowest BCUT2D eigenvalue weighted by Gasteiger charge is -2.30. The number of ether oxygens (including phenoxy) is 3. The van der Waals surface area contributed by atoms with Gasteiger partial charge in [0.15, 0.2) is 0 Å². The Labute approximate surface area is 158 Å². The first-order valence-electron chi connectivity index (χ1n) is 9.01. The van der Waals surface area contributed by atoms with Crippen LogP contribution in [0.1, 0.15) is 26.3 Å². The maximum absolute atomic E-state index is 12.8. The Bertz CT molecular complexity index is 726. The Morgan fingerprint density at radius 3 is 2.37 bits per heavy atom. The zero-order valence-corrected chi connectivity index (χ0v) is 16.0. The van der Waals surface area contributed by atoms with Crippen LogP contribution in [0, 0.1) is 17.8 Å². The number of benzene rings is 1. The lowest BCUT2D eigenvalue weighted by molar-refractivity contribution is -0.152. The average Bonchev–Trinajstić information content (AvgIpc) is 3.18. The molecule has 1 amide bonds. The number of hydrogen-bond acceptors (Lipinski definition) is 6. The quantitative estimate of drug-likeness (QED) is 0.594. The first kappa shape index (κ1) is 19.2. The molecule has 4 atom stereocenters. The molecular weight excluding hydrogens is 350 g/mol. The number of carbonyl (C=O) groups excluding carboxylic acids is 3. The number of esters is 2. The van der Waals surface area contributed by atoms with Gasteiger partial charge < -0.3 is 14.2 Å². The molecule has 27 heavy (non-hydrogen) atoms. The fourth-order valence-corrected chi connectivity index (χ4v) is 3.69. The van der Waals surface area contributed by atoms with Crippen LogP contribution < -0.4 is 0 Å². The number of nitrogens with zero attached hydrogens (tertiary/aromatic N) is 1. The van der Waals surface area contributed by atoms with E-state index in [-0.39, 0.29) is 36.9 Å². The van der Waals surface area contributed by atoms with E-state index in [2.05, 4.69) is 0 Å². The molecule has 0 bridgehead atoms. The summed E-state index contributed by atoms with van der Waals surface area (Å²) in [6.45, 7) is 5.69. The minimum atomic E-state index is -0.835. The molecule has 1 aromatic rings.